The maximum atomic E-state index is 12.8. The van der Waals surface area contributed by atoms with Crippen LogP contribution in [0.3, 0.4) is 0 Å². The topological polar surface area (TPSA) is 173 Å². The lowest BCUT2D eigenvalue weighted by Gasteiger charge is -2.08. The molecule has 13 nitrogen and oxygen atoms in total. The van der Waals surface area contributed by atoms with Crippen molar-refractivity contribution in [2.24, 2.45) is 7.05 Å². The van der Waals surface area contributed by atoms with Crippen LogP contribution in [0.1, 0.15) is 26.2 Å². The van der Waals surface area contributed by atoms with Crippen LogP contribution in [0.4, 0.5) is 17.5 Å². The summed E-state index contributed by atoms with van der Waals surface area (Å²) in [5.41, 5.74) is -0.476. The van der Waals surface area contributed by atoms with E-state index < -0.39 is 22.3 Å². The lowest BCUT2D eigenvalue weighted by atomic mass is 10.2. The van der Waals surface area contributed by atoms with E-state index in [0.29, 0.717) is 44.1 Å². The van der Waals surface area contributed by atoms with E-state index in [4.69, 9.17) is 0 Å². The Kier molecular flexibility index (Phi) is 7.20. The van der Waals surface area contributed by atoms with Crippen LogP contribution < -0.4 is 21.9 Å². The molecule has 32 heavy (non-hydrogen) atoms. The number of aromatic amines is 1. The molecule has 0 aromatic carbocycles. The average Bonchev–Trinajstić information content (AvgIpc) is 3.19. The van der Waals surface area contributed by atoms with Crippen LogP contribution in [0.25, 0.3) is 11.2 Å². The third kappa shape index (κ3) is 5.29. The average molecular weight is 446 g/mol. The Bertz CT molecular complexity index is 1200. The highest BCUT2D eigenvalue weighted by Gasteiger charge is 2.15. The molecule has 0 bridgehead atoms. The second kappa shape index (κ2) is 10.0. The highest BCUT2D eigenvalue weighted by molar-refractivity contribution is 5.72. The molecule has 1 unspecified atom stereocenters. The van der Waals surface area contributed by atoms with Crippen molar-refractivity contribution in [2.45, 2.75) is 38.8 Å². The van der Waals surface area contributed by atoms with Gasteiger partial charge in [0.1, 0.15) is 12.0 Å². The van der Waals surface area contributed by atoms with Gasteiger partial charge in [-0.25, -0.2) is 9.78 Å². The van der Waals surface area contributed by atoms with Gasteiger partial charge in [-0.05, 0) is 32.3 Å². The number of hydrogen-bond acceptors (Lipinski definition) is 9. The number of nitrogens with zero attached hydrogens (tertiary/aromatic N) is 5. The molecule has 3 heterocycles. The van der Waals surface area contributed by atoms with Gasteiger partial charge in [0.2, 0.25) is 5.95 Å². The van der Waals surface area contributed by atoms with Crippen LogP contribution in [-0.4, -0.2) is 53.3 Å². The smallest absolute Gasteiger partial charge is 0.332 e. The van der Waals surface area contributed by atoms with Crippen LogP contribution in [0.2, 0.25) is 0 Å². The number of H-pyrrole nitrogens is 1. The van der Waals surface area contributed by atoms with E-state index in [0.717, 1.165) is 0 Å². The first kappa shape index (κ1) is 22.9. The van der Waals surface area contributed by atoms with Crippen molar-refractivity contribution in [1.29, 1.82) is 0 Å². The molecule has 3 rings (SSSR count). The highest BCUT2D eigenvalue weighted by atomic mass is 16.6. The molecule has 0 spiro atoms. The van der Waals surface area contributed by atoms with Crippen LogP contribution in [0, 0.1) is 10.1 Å². The largest absolute Gasteiger partial charge is 0.393 e. The molecule has 0 aliphatic carbocycles. The van der Waals surface area contributed by atoms with Crippen molar-refractivity contribution >= 4 is 28.6 Å². The number of anilines is 2. The Morgan fingerprint density at radius 3 is 2.66 bits per heavy atom. The van der Waals surface area contributed by atoms with Gasteiger partial charge in [-0.1, -0.05) is 0 Å². The van der Waals surface area contributed by atoms with Crippen molar-refractivity contribution in [3.63, 3.8) is 0 Å². The number of nitro groups is 1. The molecular weight excluding hydrogens is 420 g/mol. The van der Waals surface area contributed by atoms with Gasteiger partial charge < -0.3 is 20.7 Å². The zero-order valence-electron chi connectivity index (χ0n) is 17.9. The number of pyridine rings is 1. The Morgan fingerprint density at radius 2 is 2.00 bits per heavy atom. The Labute approximate surface area is 182 Å². The first-order valence-electron chi connectivity index (χ1n) is 10.2. The van der Waals surface area contributed by atoms with E-state index in [1.54, 1.807) is 14.0 Å². The minimum atomic E-state index is -0.517. The van der Waals surface area contributed by atoms with E-state index >= 15 is 0 Å². The maximum Gasteiger partial charge on any atom is 0.332 e. The summed E-state index contributed by atoms with van der Waals surface area (Å²) in [6.45, 7) is 2.82. The van der Waals surface area contributed by atoms with Crippen molar-refractivity contribution in [3.05, 3.63) is 49.3 Å². The molecule has 0 aliphatic rings. The highest BCUT2D eigenvalue weighted by Crippen LogP contribution is 2.12. The van der Waals surface area contributed by atoms with Crippen molar-refractivity contribution in [2.75, 3.05) is 23.7 Å². The van der Waals surface area contributed by atoms with Crippen molar-refractivity contribution in [3.8, 4) is 0 Å². The number of aliphatic hydroxyl groups is 1. The predicted octanol–water partition coefficient (Wildman–Crippen LogP) is 0.802. The molecule has 0 saturated carbocycles. The molecule has 3 aromatic rings. The predicted molar refractivity (Wildman–Crippen MR) is 119 cm³/mol. The van der Waals surface area contributed by atoms with E-state index in [9.17, 15) is 24.8 Å². The van der Waals surface area contributed by atoms with Crippen LogP contribution in [-0.2, 0) is 13.6 Å². The number of aliphatic hydroxyl groups excluding tert-OH is 1. The minimum Gasteiger partial charge on any atom is -0.393 e. The van der Waals surface area contributed by atoms with Gasteiger partial charge in [-0.2, -0.15) is 4.98 Å². The molecule has 1 atom stereocenters. The van der Waals surface area contributed by atoms with Gasteiger partial charge >= 0.3 is 5.69 Å². The van der Waals surface area contributed by atoms with Gasteiger partial charge in [-0.3, -0.25) is 24.0 Å². The second-order valence-corrected chi connectivity index (χ2v) is 7.44. The Hall–Kier alpha value is -3.74. The summed E-state index contributed by atoms with van der Waals surface area (Å²) in [5.74, 6) is 0.834. The normalized spacial score (nSPS) is 12.1. The fourth-order valence-corrected chi connectivity index (χ4v) is 3.21. The monoisotopic (exact) mass is 446 g/mol. The van der Waals surface area contributed by atoms with Crippen molar-refractivity contribution < 1.29 is 10.0 Å². The van der Waals surface area contributed by atoms with E-state index in [1.807, 2.05) is 0 Å². The molecule has 0 amide bonds. The number of imidazole rings is 1. The van der Waals surface area contributed by atoms with Gasteiger partial charge in [0.15, 0.2) is 11.2 Å². The molecule has 4 N–H and O–H groups in total. The van der Waals surface area contributed by atoms with E-state index in [1.165, 1.54) is 27.5 Å². The van der Waals surface area contributed by atoms with Gasteiger partial charge in [0.05, 0.1) is 11.0 Å². The molecule has 3 aromatic heterocycles. The molecular formula is C19H26N8O5. The number of aryl methyl sites for hydroxylation is 1. The van der Waals surface area contributed by atoms with E-state index in [-0.39, 0.29) is 23.4 Å². The fraction of sp³-hybridized carbons (Fsp3) is 0.474. The first-order chi connectivity index (χ1) is 15.3. The zero-order valence-corrected chi connectivity index (χ0v) is 17.9. The van der Waals surface area contributed by atoms with Crippen LogP contribution in [0.5, 0.6) is 0 Å². The van der Waals surface area contributed by atoms with Crippen LogP contribution >= 0.6 is 0 Å². The standard InChI is InChI=1S/C19H26N8O5/c1-12(28)5-3-4-10-26-17(29)15-16(25(2)19(26)30)24-18(23-15)21-9-8-20-14-7-6-13(11-22-14)27(31)32/h6-7,11-12,28H,3-5,8-10H2,1-2H3,(H,20,22)(H2,21,23,24). The molecule has 13 heteroatoms. The lowest BCUT2D eigenvalue weighted by Crippen LogP contribution is -2.39. The summed E-state index contributed by atoms with van der Waals surface area (Å²) in [7, 11) is 1.56. The molecule has 0 aliphatic heterocycles. The first-order valence-corrected chi connectivity index (χ1v) is 10.2. The number of fused-ring (bicyclic) bond motifs is 1. The molecule has 0 radical (unpaired) electrons. The maximum absolute atomic E-state index is 12.8. The zero-order chi connectivity index (χ0) is 23.3. The number of nitrogens with one attached hydrogen (secondary N) is 3. The Morgan fingerprint density at radius 1 is 1.25 bits per heavy atom. The SMILES string of the molecule is CC(O)CCCCn1c(=O)c2[nH]c(NCCNc3ccc([N+](=O)[O-])cn3)nc2n(C)c1=O. The molecule has 172 valence electrons. The van der Waals surface area contributed by atoms with Crippen LogP contribution in [0.15, 0.2) is 27.9 Å². The summed E-state index contributed by atoms with van der Waals surface area (Å²) in [4.78, 5) is 46.7. The number of rotatable bonds is 11. The summed E-state index contributed by atoms with van der Waals surface area (Å²) >= 11 is 0. The third-order valence-corrected chi connectivity index (χ3v) is 4.92. The number of unbranched alkanes of at least 4 members (excludes halogenated alkanes) is 1. The van der Waals surface area contributed by atoms with Gasteiger partial charge in [0.25, 0.3) is 11.2 Å². The molecule has 0 fully saturated rings. The van der Waals surface area contributed by atoms with Crippen molar-refractivity contribution in [1.82, 2.24) is 24.1 Å². The number of aromatic nitrogens is 5. The minimum absolute atomic E-state index is 0.0878. The van der Waals surface area contributed by atoms with E-state index in [2.05, 4.69) is 25.6 Å². The quantitative estimate of drug-likeness (QED) is 0.189. The summed E-state index contributed by atoms with van der Waals surface area (Å²) in [5, 5.41) is 26.0. The fourth-order valence-electron chi connectivity index (χ4n) is 3.21. The van der Waals surface area contributed by atoms with Gasteiger partial charge in [-0.15, -0.1) is 0 Å². The third-order valence-electron chi connectivity index (χ3n) is 4.92. The van der Waals surface area contributed by atoms with Gasteiger partial charge in [0, 0.05) is 32.7 Å². The Balaban J connectivity index is 1.63. The molecule has 0 saturated heterocycles. The summed E-state index contributed by atoms with van der Waals surface area (Å²) < 4.78 is 2.50. The summed E-state index contributed by atoms with van der Waals surface area (Å²) in [6, 6.07) is 2.87. The summed E-state index contributed by atoms with van der Waals surface area (Å²) in [6.07, 6.45) is 2.68. The number of hydrogen-bond donors (Lipinski definition) is 4. The lowest BCUT2D eigenvalue weighted by molar-refractivity contribution is -0.385. The second-order valence-electron chi connectivity index (χ2n) is 7.44.